The van der Waals surface area contributed by atoms with Gasteiger partial charge >= 0.3 is 12.1 Å². The molecule has 0 spiro atoms. The number of benzene rings is 2. The number of amides is 1. The number of nitroso groups, excluding NO2 is 1. The van der Waals surface area contributed by atoms with E-state index >= 15 is 0 Å². The van der Waals surface area contributed by atoms with Crippen LogP contribution in [-0.4, -0.2) is 66.2 Å². The predicted octanol–water partition coefficient (Wildman–Crippen LogP) is 6.98. The third-order valence-corrected chi connectivity index (χ3v) is 9.65. The smallest absolute Gasteiger partial charge is 0.415 e. The number of rotatable bonds is 8. The molecule has 1 amide bonds. The minimum Gasteiger partial charge on any atom is -0.487 e. The number of fused-ring (bicyclic) bond motifs is 2. The SMILES string of the molecule is CCOC(=O)C1CCN(C(=O)Oc2ccc3c(c2)/C(=C/CCN2CCC(N=O)(c4ccc(Cl)cc4)CC2)c2cccnc2CO3)CC1. The van der Waals surface area contributed by atoms with Gasteiger partial charge < -0.3 is 24.0 Å². The summed E-state index contributed by atoms with van der Waals surface area (Å²) in [5.41, 5.74) is 3.79. The van der Waals surface area contributed by atoms with E-state index in [1.165, 1.54) is 0 Å². The topological polar surface area (TPSA) is 111 Å². The maximum atomic E-state index is 13.1. The van der Waals surface area contributed by atoms with E-state index in [4.69, 9.17) is 25.8 Å². The molecule has 1 aromatic heterocycles. The number of ether oxygens (including phenoxy) is 3. The molecule has 4 heterocycles. The molecule has 246 valence electrons. The summed E-state index contributed by atoms with van der Waals surface area (Å²) in [5.74, 6) is 0.707. The van der Waals surface area contributed by atoms with Crippen molar-refractivity contribution in [3.05, 3.63) is 99.2 Å². The molecule has 2 aromatic carbocycles. The summed E-state index contributed by atoms with van der Waals surface area (Å²) in [6, 6.07) is 16.8. The van der Waals surface area contributed by atoms with Gasteiger partial charge in [0, 0.05) is 55.1 Å². The maximum Gasteiger partial charge on any atom is 0.415 e. The Kier molecular flexibility index (Phi) is 10.2. The number of likely N-dealkylation sites (tertiary alicyclic amines) is 2. The van der Waals surface area contributed by atoms with E-state index in [9.17, 15) is 14.5 Å². The molecular formula is C36H39ClN4O6. The second kappa shape index (κ2) is 14.6. The Balaban J connectivity index is 1.14. The summed E-state index contributed by atoms with van der Waals surface area (Å²) in [5, 5.41) is 4.23. The lowest BCUT2D eigenvalue weighted by Crippen LogP contribution is -2.42. The van der Waals surface area contributed by atoms with Gasteiger partial charge in [0.05, 0.1) is 18.2 Å². The standard InChI is InChI=1S/C36H39ClN4O6/c1-2-45-34(42)25-13-19-41(20-14-25)35(43)47-28-11-12-33-31(23-28)29(30-5-3-17-38-32(30)24-46-33)6-4-18-40-21-15-36(39-44,16-22-40)26-7-9-27(37)10-8-26/h3,5-12,17,23,25H,2,4,13-16,18-22,24H2,1H3/b29-6+. The van der Waals surface area contributed by atoms with Crippen molar-refractivity contribution < 1.29 is 23.8 Å². The molecule has 0 atom stereocenters. The number of nitrogens with zero attached hydrogens (tertiary/aromatic N) is 4. The Hall–Kier alpha value is -4.28. The molecular weight excluding hydrogens is 620 g/mol. The molecule has 10 nitrogen and oxygen atoms in total. The number of hydrogen-bond acceptors (Lipinski definition) is 9. The van der Waals surface area contributed by atoms with E-state index in [0.29, 0.717) is 68.5 Å². The first-order valence-corrected chi connectivity index (χ1v) is 16.6. The number of hydrogen-bond donors (Lipinski definition) is 0. The number of aromatic nitrogens is 1. The zero-order valence-corrected chi connectivity index (χ0v) is 27.3. The third-order valence-electron chi connectivity index (χ3n) is 9.40. The van der Waals surface area contributed by atoms with E-state index in [2.05, 4.69) is 21.1 Å². The molecule has 47 heavy (non-hydrogen) atoms. The van der Waals surface area contributed by atoms with E-state index in [1.807, 2.05) is 48.5 Å². The lowest BCUT2D eigenvalue weighted by molar-refractivity contribution is -0.149. The highest BCUT2D eigenvalue weighted by Crippen LogP contribution is 2.40. The van der Waals surface area contributed by atoms with Crippen LogP contribution in [0, 0.1) is 10.8 Å². The Morgan fingerprint density at radius 3 is 2.55 bits per heavy atom. The lowest BCUT2D eigenvalue weighted by atomic mass is 9.82. The first-order chi connectivity index (χ1) is 22.9. The van der Waals surface area contributed by atoms with Crippen molar-refractivity contribution in [2.45, 2.75) is 51.2 Å². The molecule has 0 radical (unpaired) electrons. The first-order valence-electron chi connectivity index (χ1n) is 16.3. The van der Waals surface area contributed by atoms with Gasteiger partial charge in [-0.3, -0.25) is 9.78 Å². The van der Waals surface area contributed by atoms with E-state index in [1.54, 1.807) is 24.1 Å². The van der Waals surface area contributed by atoms with Crippen LogP contribution >= 0.6 is 11.6 Å². The van der Waals surface area contributed by atoms with Crippen LogP contribution in [0.2, 0.25) is 5.02 Å². The molecule has 0 bridgehead atoms. The molecule has 0 saturated carbocycles. The molecule has 0 unspecified atom stereocenters. The summed E-state index contributed by atoms with van der Waals surface area (Å²) in [6.07, 6.45) is 6.65. The molecule has 11 heteroatoms. The fraction of sp³-hybridized carbons (Fsp3) is 0.417. The quantitative estimate of drug-likeness (QED) is 0.188. The summed E-state index contributed by atoms with van der Waals surface area (Å²) < 4.78 is 17.1. The van der Waals surface area contributed by atoms with Gasteiger partial charge in [-0.15, -0.1) is 4.91 Å². The molecule has 3 aliphatic rings. The van der Waals surface area contributed by atoms with Crippen molar-refractivity contribution in [1.29, 1.82) is 0 Å². The normalized spacial score (nSPS) is 18.8. The van der Waals surface area contributed by atoms with Gasteiger partial charge in [-0.2, -0.15) is 0 Å². The number of piperidine rings is 2. The van der Waals surface area contributed by atoms with Crippen molar-refractivity contribution in [3.8, 4) is 11.5 Å². The summed E-state index contributed by atoms with van der Waals surface area (Å²) >= 11 is 6.07. The van der Waals surface area contributed by atoms with E-state index in [-0.39, 0.29) is 11.9 Å². The number of halogens is 1. The molecule has 3 aromatic rings. The van der Waals surface area contributed by atoms with Gasteiger partial charge in [-0.05, 0) is 86.6 Å². The zero-order chi connectivity index (χ0) is 32.8. The number of esters is 1. The van der Waals surface area contributed by atoms with Crippen LogP contribution in [0.3, 0.4) is 0 Å². The lowest BCUT2D eigenvalue weighted by Gasteiger charge is -2.37. The van der Waals surface area contributed by atoms with Gasteiger partial charge in [0.1, 0.15) is 23.6 Å². The Bertz CT molecular complexity index is 1630. The number of pyridine rings is 1. The summed E-state index contributed by atoms with van der Waals surface area (Å²) in [7, 11) is 0. The second-order valence-electron chi connectivity index (χ2n) is 12.2. The monoisotopic (exact) mass is 658 g/mol. The highest BCUT2D eigenvalue weighted by atomic mass is 35.5. The molecule has 3 aliphatic heterocycles. The van der Waals surface area contributed by atoms with Gasteiger partial charge in [0.15, 0.2) is 0 Å². The van der Waals surface area contributed by atoms with Gasteiger partial charge in [0.2, 0.25) is 0 Å². The van der Waals surface area contributed by atoms with E-state index in [0.717, 1.165) is 54.0 Å². The molecule has 2 saturated heterocycles. The predicted molar refractivity (Wildman–Crippen MR) is 178 cm³/mol. The minimum absolute atomic E-state index is 0.192. The van der Waals surface area contributed by atoms with Crippen LogP contribution in [0.4, 0.5) is 4.79 Å². The summed E-state index contributed by atoms with van der Waals surface area (Å²) in [6.45, 7) is 5.65. The van der Waals surface area contributed by atoms with Crippen molar-refractivity contribution >= 4 is 29.2 Å². The van der Waals surface area contributed by atoms with Crippen LogP contribution in [0.1, 0.15) is 61.4 Å². The first kappa shape index (κ1) is 32.7. The molecule has 0 N–H and O–H groups in total. The van der Waals surface area contributed by atoms with Crippen molar-refractivity contribution in [2.24, 2.45) is 11.1 Å². The molecule has 2 fully saturated rings. The molecule has 0 aliphatic carbocycles. The highest BCUT2D eigenvalue weighted by Gasteiger charge is 2.37. The van der Waals surface area contributed by atoms with Crippen molar-refractivity contribution in [1.82, 2.24) is 14.8 Å². The molecule has 6 rings (SSSR count). The average Bonchev–Trinajstić information content (AvgIpc) is 3.25. The summed E-state index contributed by atoms with van der Waals surface area (Å²) in [4.78, 5) is 45.8. The fourth-order valence-corrected chi connectivity index (χ4v) is 6.80. The van der Waals surface area contributed by atoms with Gasteiger partial charge in [-0.25, -0.2) is 4.79 Å². The van der Waals surface area contributed by atoms with Crippen LogP contribution < -0.4 is 9.47 Å². The van der Waals surface area contributed by atoms with Crippen LogP contribution in [0.15, 0.2) is 72.0 Å². The second-order valence-corrected chi connectivity index (χ2v) is 12.6. The number of carbonyl (C=O) groups is 2. The Labute approximate surface area is 279 Å². The minimum atomic E-state index is -0.730. The third kappa shape index (κ3) is 7.34. The largest absolute Gasteiger partial charge is 0.487 e. The van der Waals surface area contributed by atoms with Crippen molar-refractivity contribution in [3.63, 3.8) is 0 Å². The fourth-order valence-electron chi connectivity index (χ4n) is 6.67. The van der Waals surface area contributed by atoms with Gasteiger partial charge in [-0.1, -0.05) is 41.1 Å². The van der Waals surface area contributed by atoms with Gasteiger partial charge in [0.25, 0.3) is 0 Å². The number of carbonyl (C=O) groups excluding carboxylic acids is 2. The van der Waals surface area contributed by atoms with Crippen molar-refractivity contribution in [2.75, 3.05) is 39.3 Å². The van der Waals surface area contributed by atoms with E-state index < -0.39 is 11.6 Å². The Morgan fingerprint density at radius 1 is 1.06 bits per heavy atom. The van der Waals surface area contributed by atoms with Crippen LogP contribution in [0.25, 0.3) is 5.57 Å². The van der Waals surface area contributed by atoms with Crippen LogP contribution in [0.5, 0.6) is 11.5 Å². The average molecular weight is 659 g/mol. The maximum absolute atomic E-state index is 13.1. The van der Waals surface area contributed by atoms with Crippen LogP contribution in [-0.2, 0) is 21.7 Å². The Morgan fingerprint density at radius 2 is 1.83 bits per heavy atom. The zero-order valence-electron chi connectivity index (χ0n) is 26.5. The highest BCUT2D eigenvalue weighted by molar-refractivity contribution is 6.30.